The van der Waals surface area contributed by atoms with E-state index in [4.69, 9.17) is 11.6 Å². The lowest BCUT2D eigenvalue weighted by molar-refractivity contribution is -0.140. The van der Waals surface area contributed by atoms with Gasteiger partial charge in [0.15, 0.2) is 0 Å². The van der Waals surface area contributed by atoms with Crippen molar-refractivity contribution in [2.75, 3.05) is 17.4 Å². The van der Waals surface area contributed by atoms with Crippen LogP contribution in [-0.4, -0.2) is 44.3 Å². The van der Waals surface area contributed by atoms with E-state index in [9.17, 15) is 31.2 Å². The summed E-state index contributed by atoms with van der Waals surface area (Å²) in [4.78, 5) is 28.4. The molecule has 2 amide bonds. The second-order valence-electron chi connectivity index (χ2n) is 10.1. The Labute approximate surface area is 255 Å². The molecular weight excluding hydrogens is 603 g/mol. The minimum Gasteiger partial charge on any atom is -0.354 e. The summed E-state index contributed by atoms with van der Waals surface area (Å²) in [5.74, 6) is -1.20. The zero-order chi connectivity index (χ0) is 31.8. The van der Waals surface area contributed by atoms with Gasteiger partial charge < -0.3 is 10.2 Å². The molecule has 3 aromatic carbocycles. The average molecular weight is 638 g/mol. The monoisotopic (exact) mass is 637 g/mol. The number of sulfonamides is 1. The van der Waals surface area contributed by atoms with Crippen LogP contribution in [0.15, 0.2) is 77.7 Å². The van der Waals surface area contributed by atoms with Crippen molar-refractivity contribution in [3.63, 3.8) is 0 Å². The number of hydrogen-bond acceptors (Lipinski definition) is 4. The summed E-state index contributed by atoms with van der Waals surface area (Å²) in [5.41, 5.74) is -0.0345. The average Bonchev–Trinajstić information content (AvgIpc) is 2.96. The predicted molar refractivity (Wildman–Crippen MR) is 161 cm³/mol. The Morgan fingerprint density at radius 3 is 2.28 bits per heavy atom. The fraction of sp³-hybridized carbons (Fsp3) is 0.355. The molecule has 0 saturated heterocycles. The van der Waals surface area contributed by atoms with Gasteiger partial charge in [0.2, 0.25) is 11.8 Å². The Morgan fingerprint density at radius 1 is 0.977 bits per heavy atom. The molecule has 0 aliphatic rings. The number of rotatable bonds is 13. The molecule has 7 nitrogen and oxygen atoms in total. The smallest absolute Gasteiger partial charge is 0.354 e. The Morgan fingerprint density at radius 2 is 1.67 bits per heavy atom. The van der Waals surface area contributed by atoms with Crippen LogP contribution >= 0.6 is 11.6 Å². The number of amides is 2. The van der Waals surface area contributed by atoms with Gasteiger partial charge in [-0.2, -0.15) is 13.2 Å². The molecule has 0 aliphatic carbocycles. The first-order valence-corrected chi connectivity index (χ1v) is 15.7. The Kier molecular flexibility index (Phi) is 11.6. The van der Waals surface area contributed by atoms with Gasteiger partial charge in [-0.25, -0.2) is 8.42 Å². The van der Waals surface area contributed by atoms with Crippen molar-refractivity contribution >= 4 is 39.1 Å². The standard InChI is InChI=1S/C31H35ClF3N3O4S/c1-4-6-17-36-30(40)27(5-2)37(20-23-12-10-11-22(3)18-23)29(39)21-38(43(41,42)25-13-8-7-9-14-25)28-19-24(31(33,34)35)15-16-26(28)32/h7-16,18-19,27H,4-6,17,20-21H2,1-3H3,(H,36,40). The highest BCUT2D eigenvalue weighted by Gasteiger charge is 2.37. The zero-order valence-electron chi connectivity index (χ0n) is 24.2. The molecule has 12 heteroatoms. The number of carbonyl (C=O) groups excluding carboxylic acids is 2. The van der Waals surface area contributed by atoms with E-state index < -0.39 is 51.9 Å². The van der Waals surface area contributed by atoms with Crippen molar-refractivity contribution in [3.8, 4) is 0 Å². The van der Waals surface area contributed by atoms with Crippen molar-refractivity contribution in [1.29, 1.82) is 0 Å². The van der Waals surface area contributed by atoms with Gasteiger partial charge in [-0.1, -0.05) is 79.9 Å². The summed E-state index contributed by atoms with van der Waals surface area (Å²) in [5, 5.41) is 2.53. The van der Waals surface area contributed by atoms with Crippen LogP contribution in [0.2, 0.25) is 5.02 Å². The molecule has 3 aromatic rings. The fourth-order valence-corrected chi connectivity index (χ4v) is 6.26. The van der Waals surface area contributed by atoms with Crippen LogP contribution in [0.3, 0.4) is 0 Å². The number of unbranched alkanes of at least 4 members (excludes halogenated alkanes) is 1. The summed E-state index contributed by atoms with van der Waals surface area (Å²) < 4.78 is 69.4. The Hall–Kier alpha value is -3.57. The van der Waals surface area contributed by atoms with E-state index >= 15 is 0 Å². The van der Waals surface area contributed by atoms with Gasteiger partial charge in [-0.05, 0) is 55.7 Å². The van der Waals surface area contributed by atoms with E-state index in [1.54, 1.807) is 25.1 Å². The van der Waals surface area contributed by atoms with Crippen molar-refractivity contribution in [2.45, 2.75) is 63.7 Å². The van der Waals surface area contributed by atoms with Crippen LogP contribution in [0.1, 0.15) is 49.8 Å². The number of aryl methyl sites for hydroxylation is 1. The van der Waals surface area contributed by atoms with E-state index in [2.05, 4.69) is 5.32 Å². The van der Waals surface area contributed by atoms with Gasteiger partial charge in [0.05, 0.1) is 21.2 Å². The Balaban J connectivity index is 2.13. The number of nitrogens with zero attached hydrogens (tertiary/aromatic N) is 2. The molecule has 0 fully saturated rings. The van der Waals surface area contributed by atoms with E-state index in [0.29, 0.717) is 22.5 Å². The molecule has 0 saturated carbocycles. The molecule has 1 unspecified atom stereocenters. The highest BCUT2D eigenvalue weighted by Crippen LogP contribution is 2.37. The predicted octanol–water partition coefficient (Wildman–Crippen LogP) is 6.59. The molecule has 0 aliphatic heterocycles. The van der Waals surface area contributed by atoms with Gasteiger partial charge in [0.1, 0.15) is 12.6 Å². The summed E-state index contributed by atoms with van der Waals surface area (Å²) in [7, 11) is -4.58. The topological polar surface area (TPSA) is 86.8 Å². The number of nitrogens with one attached hydrogen (secondary N) is 1. The molecule has 43 heavy (non-hydrogen) atoms. The molecule has 1 atom stereocenters. The normalized spacial score (nSPS) is 12.4. The van der Waals surface area contributed by atoms with Gasteiger partial charge in [-0.3, -0.25) is 13.9 Å². The lowest BCUT2D eigenvalue weighted by Gasteiger charge is -2.33. The fourth-order valence-electron chi connectivity index (χ4n) is 4.55. The largest absolute Gasteiger partial charge is 0.416 e. The number of alkyl halides is 3. The van der Waals surface area contributed by atoms with Crippen LogP contribution in [0.4, 0.5) is 18.9 Å². The first-order chi connectivity index (χ1) is 20.3. The van der Waals surface area contributed by atoms with E-state index in [0.717, 1.165) is 30.5 Å². The third-order valence-electron chi connectivity index (χ3n) is 6.80. The first-order valence-electron chi connectivity index (χ1n) is 13.9. The molecule has 3 rings (SSSR count). The second-order valence-corrected chi connectivity index (χ2v) is 12.3. The highest BCUT2D eigenvalue weighted by atomic mass is 35.5. The second kappa shape index (κ2) is 14.7. The van der Waals surface area contributed by atoms with Gasteiger partial charge >= 0.3 is 6.18 Å². The third kappa shape index (κ3) is 8.73. The van der Waals surface area contributed by atoms with Crippen LogP contribution in [0.5, 0.6) is 0 Å². The SMILES string of the molecule is CCCCNC(=O)C(CC)N(Cc1cccc(C)c1)C(=O)CN(c1cc(C(F)(F)F)ccc1Cl)S(=O)(=O)c1ccccc1. The van der Waals surface area contributed by atoms with Crippen molar-refractivity contribution in [2.24, 2.45) is 0 Å². The number of benzene rings is 3. The zero-order valence-corrected chi connectivity index (χ0v) is 25.8. The van der Waals surface area contributed by atoms with Crippen LogP contribution in [0, 0.1) is 6.92 Å². The van der Waals surface area contributed by atoms with Gasteiger partial charge in [0, 0.05) is 13.1 Å². The minimum absolute atomic E-state index is 0.0320. The van der Waals surface area contributed by atoms with Crippen LogP contribution in [0.25, 0.3) is 0 Å². The minimum atomic E-state index is -4.80. The molecule has 0 bridgehead atoms. The van der Waals surface area contributed by atoms with Gasteiger partial charge in [-0.15, -0.1) is 0 Å². The molecule has 232 valence electrons. The van der Waals surface area contributed by atoms with E-state index in [1.807, 2.05) is 26.0 Å². The van der Waals surface area contributed by atoms with Crippen molar-refractivity contribution in [1.82, 2.24) is 10.2 Å². The molecule has 1 N–H and O–H groups in total. The van der Waals surface area contributed by atoms with Crippen LogP contribution < -0.4 is 9.62 Å². The molecule has 0 spiro atoms. The number of carbonyl (C=O) groups is 2. The lowest BCUT2D eigenvalue weighted by Crippen LogP contribution is -2.52. The summed E-state index contributed by atoms with van der Waals surface area (Å²) in [6.07, 6.45) is -3.02. The van der Waals surface area contributed by atoms with Gasteiger partial charge in [0.25, 0.3) is 10.0 Å². The molecule has 0 aromatic heterocycles. The number of hydrogen-bond donors (Lipinski definition) is 1. The molecule has 0 radical (unpaired) electrons. The maximum Gasteiger partial charge on any atom is 0.416 e. The van der Waals surface area contributed by atoms with Crippen molar-refractivity contribution < 1.29 is 31.2 Å². The maximum absolute atomic E-state index is 14.1. The number of anilines is 1. The summed E-state index contributed by atoms with van der Waals surface area (Å²) >= 11 is 6.29. The van der Waals surface area contributed by atoms with E-state index in [1.165, 1.54) is 29.2 Å². The van der Waals surface area contributed by atoms with Crippen molar-refractivity contribution in [3.05, 3.63) is 94.5 Å². The highest BCUT2D eigenvalue weighted by molar-refractivity contribution is 7.92. The summed E-state index contributed by atoms with van der Waals surface area (Å²) in [6, 6.07) is 15.6. The number of halogens is 4. The molecule has 0 heterocycles. The quantitative estimate of drug-likeness (QED) is 0.214. The molecular formula is C31H35ClF3N3O4S. The third-order valence-corrected chi connectivity index (χ3v) is 8.90. The Bertz CT molecular complexity index is 1520. The van der Waals surface area contributed by atoms with E-state index in [-0.39, 0.29) is 22.9 Å². The first kappa shape index (κ1) is 33.9. The van der Waals surface area contributed by atoms with Crippen LogP contribution in [-0.2, 0) is 32.3 Å². The maximum atomic E-state index is 14.1. The lowest BCUT2D eigenvalue weighted by atomic mass is 10.1. The summed E-state index contributed by atoms with van der Waals surface area (Å²) in [6.45, 7) is 5.03.